The normalized spacial score (nSPS) is 23.7. The zero-order valence-electron chi connectivity index (χ0n) is 16.3. The minimum absolute atomic E-state index is 0.00158. The molecule has 0 bridgehead atoms. The van der Waals surface area contributed by atoms with E-state index in [0.29, 0.717) is 31.0 Å². The van der Waals surface area contributed by atoms with Gasteiger partial charge in [-0.3, -0.25) is 9.59 Å². The molecule has 0 aliphatic carbocycles. The van der Waals surface area contributed by atoms with Crippen LogP contribution in [0, 0.1) is 0 Å². The van der Waals surface area contributed by atoms with Gasteiger partial charge in [-0.2, -0.15) is 0 Å². The van der Waals surface area contributed by atoms with Gasteiger partial charge in [-0.1, -0.05) is 36.4 Å². The Morgan fingerprint density at radius 2 is 2.00 bits per heavy atom. The molecule has 29 heavy (non-hydrogen) atoms. The topological polar surface area (TPSA) is 77.1 Å². The number of rotatable bonds is 5. The number of morpholine rings is 1. The predicted molar refractivity (Wildman–Crippen MR) is 106 cm³/mol. The molecule has 0 aromatic heterocycles. The molecule has 0 saturated carbocycles. The number of nitrogens with one attached hydrogen (secondary N) is 1. The van der Waals surface area contributed by atoms with Gasteiger partial charge in [0.15, 0.2) is 6.61 Å². The van der Waals surface area contributed by atoms with Crippen LogP contribution in [-0.2, 0) is 19.9 Å². The van der Waals surface area contributed by atoms with E-state index in [9.17, 15) is 9.59 Å². The first kappa shape index (κ1) is 19.3. The first-order valence-corrected chi connectivity index (χ1v) is 9.63. The van der Waals surface area contributed by atoms with E-state index in [4.69, 9.17) is 14.2 Å². The maximum absolute atomic E-state index is 12.7. The van der Waals surface area contributed by atoms with Crippen LogP contribution in [0.5, 0.6) is 11.5 Å². The quantitative estimate of drug-likeness (QED) is 0.833. The van der Waals surface area contributed by atoms with Crippen LogP contribution >= 0.6 is 0 Å². The molecule has 2 aromatic rings. The third kappa shape index (κ3) is 3.91. The number of carbonyl (C=O) groups excluding carboxylic acids is 2. The van der Waals surface area contributed by atoms with Crippen LogP contribution < -0.4 is 14.8 Å². The summed E-state index contributed by atoms with van der Waals surface area (Å²) in [7, 11) is 1.58. The van der Waals surface area contributed by atoms with Gasteiger partial charge in [0.25, 0.3) is 5.91 Å². The van der Waals surface area contributed by atoms with Gasteiger partial charge in [-0.25, -0.2) is 0 Å². The van der Waals surface area contributed by atoms with E-state index in [1.807, 2.05) is 42.5 Å². The number of ether oxygens (including phenoxy) is 3. The Bertz CT molecular complexity index is 888. The van der Waals surface area contributed by atoms with Crippen molar-refractivity contribution in [3.63, 3.8) is 0 Å². The summed E-state index contributed by atoms with van der Waals surface area (Å²) in [6.45, 7) is 0.844. The molecule has 2 saturated heterocycles. The molecule has 4 rings (SSSR count). The molecule has 2 heterocycles. The highest BCUT2D eigenvalue weighted by molar-refractivity contribution is 5.80. The molecule has 7 nitrogen and oxygen atoms in total. The van der Waals surface area contributed by atoms with Crippen LogP contribution in [0.25, 0.3) is 0 Å². The predicted octanol–water partition coefficient (Wildman–Crippen LogP) is 1.72. The number of piperidine rings is 1. The summed E-state index contributed by atoms with van der Waals surface area (Å²) in [5, 5.41) is 3.13. The van der Waals surface area contributed by atoms with Crippen LogP contribution in [0.3, 0.4) is 0 Å². The second-order valence-electron chi connectivity index (χ2n) is 7.24. The first-order chi connectivity index (χ1) is 14.1. The highest BCUT2D eigenvalue weighted by Gasteiger charge is 2.49. The smallest absolute Gasteiger partial charge is 0.260 e. The van der Waals surface area contributed by atoms with Crippen molar-refractivity contribution in [3.05, 3.63) is 60.2 Å². The third-order valence-electron chi connectivity index (χ3n) is 5.54. The fourth-order valence-electron chi connectivity index (χ4n) is 4.01. The van der Waals surface area contributed by atoms with E-state index in [0.717, 1.165) is 5.56 Å². The summed E-state index contributed by atoms with van der Waals surface area (Å²) in [5.41, 5.74) is 0.388. The number of benzene rings is 2. The van der Waals surface area contributed by atoms with Crippen molar-refractivity contribution in [2.24, 2.45) is 0 Å². The van der Waals surface area contributed by atoms with Gasteiger partial charge in [0.05, 0.1) is 12.6 Å². The number of fused-ring (bicyclic) bond motifs is 1. The molecule has 2 fully saturated rings. The van der Waals surface area contributed by atoms with Crippen molar-refractivity contribution in [1.82, 2.24) is 10.2 Å². The van der Waals surface area contributed by atoms with Crippen LogP contribution in [0.2, 0.25) is 0 Å². The van der Waals surface area contributed by atoms with Gasteiger partial charge in [0.2, 0.25) is 5.91 Å². The molecule has 2 aliphatic rings. The molecular formula is C22H24N2O5. The standard InChI is InChI=1S/C22H24N2O5/c1-27-17-8-5-9-18(12-17)28-15-21(26)24-11-10-22(16-6-3-2-4-7-16)19(13-24)29-14-20(25)23-22/h2-9,12,19H,10-11,13-15H2,1H3,(H,23,25)/t19-,22+/m1/s1. The van der Waals surface area contributed by atoms with Crippen molar-refractivity contribution in [1.29, 1.82) is 0 Å². The number of hydrogen-bond acceptors (Lipinski definition) is 5. The largest absolute Gasteiger partial charge is 0.497 e. The average Bonchev–Trinajstić information content (AvgIpc) is 2.77. The highest BCUT2D eigenvalue weighted by Crippen LogP contribution is 2.37. The lowest BCUT2D eigenvalue weighted by molar-refractivity contribution is -0.158. The van der Waals surface area contributed by atoms with E-state index in [2.05, 4.69) is 5.32 Å². The van der Waals surface area contributed by atoms with Gasteiger partial charge in [0, 0.05) is 19.2 Å². The molecule has 2 amide bonds. The zero-order valence-corrected chi connectivity index (χ0v) is 16.3. The summed E-state index contributed by atoms with van der Waals surface area (Å²) >= 11 is 0. The second kappa shape index (κ2) is 8.13. The maximum Gasteiger partial charge on any atom is 0.260 e. The Hall–Kier alpha value is -3.06. The lowest BCUT2D eigenvalue weighted by atomic mass is 9.77. The lowest BCUT2D eigenvalue weighted by Crippen LogP contribution is -2.67. The van der Waals surface area contributed by atoms with E-state index in [1.54, 1.807) is 24.1 Å². The fraction of sp³-hybridized carbons (Fsp3) is 0.364. The average molecular weight is 396 g/mol. The van der Waals surface area contributed by atoms with Gasteiger partial charge in [-0.05, 0) is 24.1 Å². The van der Waals surface area contributed by atoms with Crippen LogP contribution in [-0.4, -0.2) is 56.2 Å². The monoisotopic (exact) mass is 396 g/mol. The number of carbonyl (C=O) groups is 2. The van der Waals surface area contributed by atoms with Crippen LogP contribution in [0.4, 0.5) is 0 Å². The molecule has 2 aliphatic heterocycles. The summed E-state index contributed by atoms with van der Waals surface area (Å²) < 4.78 is 16.7. The molecule has 1 N–H and O–H groups in total. The number of nitrogens with zero attached hydrogens (tertiary/aromatic N) is 1. The first-order valence-electron chi connectivity index (χ1n) is 9.63. The lowest BCUT2D eigenvalue weighted by Gasteiger charge is -2.50. The number of likely N-dealkylation sites (tertiary alicyclic amines) is 1. The van der Waals surface area contributed by atoms with Crippen molar-refractivity contribution in [2.75, 3.05) is 33.4 Å². The van der Waals surface area contributed by atoms with E-state index in [1.165, 1.54) is 0 Å². The summed E-state index contributed by atoms with van der Waals surface area (Å²) in [6.07, 6.45) is 0.273. The Kier molecular flexibility index (Phi) is 5.40. The Balaban J connectivity index is 1.44. The molecule has 152 valence electrons. The number of amides is 2. The summed E-state index contributed by atoms with van der Waals surface area (Å²) in [6, 6.07) is 17.0. The second-order valence-corrected chi connectivity index (χ2v) is 7.24. The van der Waals surface area contributed by atoms with Crippen molar-refractivity contribution < 1.29 is 23.8 Å². The third-order valence-corrected chi connectivity index (χ3v) is 5.54. The van der Waals surface area contributed by atoms with Gasteiger partial charge < -0.3 is 24.4 Å². The number of methoxy groups -OCH3 is 1. The Labute approximate surface area is 169 Å². The molecule has 0 spiro atoms. The summed E-state index contributed by atoms with van der Waals surface area (Å²) in [4.78, 5) is 26.5. The number of hydrogen-bond donors (Lipinski definition) is 1. The van der Waals surface area contributed by atoms with Crippen molar-refractivity contribution >= 4 is 11.8 Å². The van der Waals surface area contributed by atoms with E-state index >= 15 is 0 Å². The minimum Gasteiger partial charge on any atom is -0.497 e. The van der Waals surface area contributed by atoms with Crippen molar-refractivity contribution in [3.8, 4) is 11.5 Å². The fourth-order valence-corrected chi connectivity index (χ4v) is 4.01. The Morgan fingerprint density at radius 1 is 1.21 bits per heavy atom. The molecule has 2 atom stereocenters. The SMILES string of the molecule is COc1cccc(OCC(=O)N2CC[C@@]3(c4ccccc4)NC(=O)CO[C@@H]3C2)c1. The minimum atomic E-state index is -0.610. The molecule has 2 aromatic carbocycles. The zero-order chi connectivity index (χ0) is 20.3. The molecular weight excluding hydrogens is 372 g/mol. The van der Waals surface area contributed by atoms with Gasteiger partial charge >= 0.3 is 0 Å². The van der Waals surface area contributed by atoms with Gasteiger partial charge in [-0.15, -0.1) is 0 Å². The van der Waals surface area contributed by atoms with Crippen molar-refractivity contribution in [2.45, 2.75) is 18.1 Å². The molecule has 0 unspecified atom stereocenters. The molecule has 0 radical (unpaired) electrons. The van der Waals surface area contributed by atoms with Gasteiger partial charge in [0.1, 0.15) is 24.2 Å². The maximum atomic E-state index is 12.7. The van der Waals surface area contributed by atoms with Crippen LogP contribution in [0.15, 0.2) is 54.6 Å². The van der Waals surface area contributed by atoms with E-state index in [-0.39, 0.29) is 31.1 Å². The van der Waals surface area contributed by atoms with E-state index < -0.39 is 5.54 Å². The van der Waals surface area contributed by atoms with Crippen LogP contribution in [0.1, 0.15) is 12.0 Å². The molecule has 7 heteroatoms. The highest BCUT2D eigenvalue weighted by atomic mass is 16.5. The summed E-state index contributed by atoms with van der Waals surface area (Å²) in [5.74, 6) is 1.00. The Morgan fingerprint density at radius 3 is 2.79 bits per heavy atom.